The summed E-state index contributed by atoms with van der Waals surface area (Å²) in [6.45, 7) is 4.33. The lowest BCUT2D eigenvalue weighted by atomic mass is 9.95. The number of carbonyl (C=O) groups excluding carboxylic acids is 1. The van der Waals surface area contributed by atoms with Gasteiger partial charge in [-0.05, 0) is 37.3 Å². The minimum atomic E-state index is -0.213. The molecule has 1 atom stereocenters. The molecule has 1 unspecified atom stereocenters. The average molecular weight is 393 g/mol. The molecular formula is C22H28N6O. The third-order valence-electron chi connectivity index (χ3n) is 5.76. The number of hydrogen-bond donors (Lipinski definition) is 2. The van der Waals surface area contributed by atoms with Crippen molar-refractivity contribution >= 4 is 23.2 Å². The van der Waals surface area contributed by atoms with E-state index in [0.29, 0.717) is 23.3 Å². The van der Waals surface area contributed by atoms with Crippen LogP contribution in [0.1, 0.15) is 74.2 Å². The number of aromatic nitrogens is 4. The smallest absolute Gasteiger partial charge is 0.258 e. The Hall–Kier alpha value is -2.96. The van der Waals surface area contributed by atoms with Gasteiger partial charge in [-0.3, -0.25) is 9.78 Å². The summed E-state index contributed by atoms with van der Waals surface area (Å²) in [5, 5.41) is 11.1. The standard InChI is InChI=1S/C22H28N6O/c1-3-15(2)18-14-24-28-20(27-22(29)16-8-7-11-23-13-16)12-19(26-21(18)28)25-17-9-5-4-6-10-17/h7-8,11-15,17H,3-6,9-10H2,1-2H3,(H,25,26)(H,27,29). The Labute approximate surface area is 171 Å². The highest BCUT2D eigenvalue weighted by molar-refractivity contribution is 6.03. The van der Waals surface area contributed by atoms with Crippen molar-refractivity contribution in [1.82, 2.24) is 19.6 Å². The molecule has 1 aliphatic rings. The SMILES string of the molecule is CCC(C)c1cnn2c(NC(=O)c3cccnc3)cc(NC3CCCCC3)nc12. The second-order valence-corrected chi connectivity index (χ2v) is 7.85. The molecule has 1 saturated carbocycles. The van der Waals surface area contributed by atoms with Gasteiger partial charge in [0.15, 0.2) is 5.65 Å². The van der Waals surface area contributed by atoms with Gasteiger partial charge in [-0.1, -0.05) is 33.1 Å². The number of anilines is 2. The molecule has 152 valence electrons. The van der Waals surface area contributed by atoms with Gasteiger partial charge in [0, 0.05) is 30.1 Å². The zero-order chi connectivity index (χ0) is 20.2. The molecule has 1 fully saturated rings. The van der Waals surface area contributed by atoms with Gasteiger partial charge in [-0.15, -0.1) is 0 Å². The van der Waals surface area contributed by atoms with Crippen LogP contribution in [0.2, 0.25) is 0 Å². The van der Waals surface area contributed by atoms with Gasteiger partial charge in [0.2, 0.25) is 0 Å². The van der Waals surface area contributed by atoms with E-state index in [-0.39, 0.29) is 5.91 Å². The van der Waals surface area contributed by atoms with Crippen molar-refractivity contribution in [2.24, 2.45) is 0 Å². The van der Waals surface area contributed by atoms with Gasteiger partial charge < -0.3 is 10.6 Å². The van der Waals surface area contributed by atoms with Crippen molar-refractivity contribution in [3.63, 3.8) is 0 Å². The molecule has 0 saturated heterocycles. The highest BCUT2D eigenvalue weighted by Gasteiger charge is 2.19. The summed E-state index contributed by atoms with van der Waals surface area (Å²) in [6, 6.07) is 5.80. The summed E-state index contributed by atoms with van der Waals surface area (Å²) in [4.78, 5) is 21.6. The van der Waals surface area contributed by atoms with E-state index in [1.807, 2.05) is 12.3 Å². The molecule has 2 N–H and O–H groups in total. The van der Waals surface area contributed by atoms with Crippen molar-refractivity contribution < 1.29 is 4.79 Å². The van der Waals surface area contributed by atoms with E-state index in [9.17, 15) is 4.79 Å². The first-order valence-corrected chi connectivity index (χ1v) is 10.5. The summed E-state index contributed by atoms with van der Waals surface area (Å²) in [7, 11) is 0. The maximum atomic E-state index is 12.7. The molecule has 7 heteroatoms. The Kier molecular flexibility index (Phi) is 5.74. The molecule has 0 aliphatic heterocycles. The number of pyridine rings is 1. The fraction of sp³-hybridized carbons (Fsp3) is 0.455. The predicted octanol–water partition coefficient (Wildman–Crippen LogP) is 4.63. The van der Waals surface area contributed by atoms with Gasteiger partial charge in [-0.2, -0.15) is 9.61 Å². The van der Waals surface area contributed by atoms with Crippen LogP contribution in [-0.2, 0) is 0 Å². The lowest BCUT2D eigenvalue weighted by Crippen LogP contribution is -2.23. The van der Waals surface area contributed by atoms with E-state index in [4.69, 9.17) is 4.98 Å². The van der Waals surface area contributed by atoms with Gasteiger partial charge >= 0.3 is 0 Å². The molecule has 29 heavy (non-hydrogen) atoms. The van der Waals surface area contributed by atoms with Gasteiger partial charge in [0.05, 0.1) is 11.8 Å². The van der Waals surface area contributed by atoms with Crippen LogP contribution in [0.5, 0.6) is 0 Å². The second-order valence-electron chi connectivity index (χ2n) is 7.85. The van der Waals surface area contributed by atoms with Crippen molar-refractivity contribution in [2.75, 3.05) is 10.6 Å². The van der Waals surface area contributed by atoms with Crippen LogP contribution in [0, 0.1) is 0 Å². The van der Waals surface area contributed by atoms with Crippen LogP contribution >= 0.6 is 0 Å². The summed E-state index contributed by atoms with van der Waals surface area (Å²) < 4.78 is 1.72. The van der Waals surface area contributed by atoms with Gasteiger partial charge in [-0.25, -0.2) is 4.98 Å². The van der Waals surface area contributed by atoms with E-state index in [1.165, 1.54) is 19.3 Å². The van der Waals surface area contributed by atoms with E-state index in [2.05, 4.69) is 34.6 Å². The molecule has 3 aromatic heterocycles. The molecule has 0 bridgehead atoms. The molecule has 3 aromatic rings. The summed E-state index contributed by atoms with van der Waals surface area (Å²) in [6.07, 6.45) is 12.2. The third-order valence-corrected chi connectivity index (χ3v) is 5.76. The average Bonchev–Trinajstić information content (AvgIpc) is 3.19. The number of nitrogens with zero attached hydrogens (tertiary/aromatic N) is 4. The predicted molar refractivity (Wildman–Crippen MR) is 114 cm³/mol. The summed E-state index contributed by atoms with van der Waals surface area (Å²) in [5.74, 6) is 1.52. The van der Waals surface area contributed by atoms with Crippen LogP contribution in [-0.4, -0.2) is 31.5 Å². The van der Waals surface area contributed by atoms with E-state index < -0.39 is 0 Å². The first kappa shape index (κ1) is 19.4. The zero-order valence-corrected chi connectivity index (χ0v) is 17.1. The largest absolute Gasteiger partial charge is 0.367 e. The fourth-order valence-electron chi connectivity index (χ4n) is 3.85. The highest BCUT2D eigenvalue weighted by Crippen LogP contribution is 2.28. The molecular weight excluding hydrogens is 364 g/mol. The Morgan fingerprint density at radius 1 is 1.28 bits per heavy atom. The Bertz CT molecular complexity index is 978. The van der Waals surface area contributed by atoms with Crippen molar-refractivity contribution in [3.05, 3.63) is 47.9 Å². The van der Waals surface area contributed by atoms with Crippen LogP contribution in [0.25, 0.3) is 5.65 Å². The highest BCUT2D eigenvalue weighted by atomic mass is 16.1. The first-order valence-electron chi connectivity index (χ1n) is 10.5. The fourth-order valence-corrected chi connectivity index (χ4v) is 3.85. The van der Waals surface area contributed by atoms with Crippen molar-refractivity contribution in [3.8, 4) is 0 Å². The number of fused-ring (bicyclic) bond motifs is 1. The molecule has 1 amide bonds. The molecule has 0 aromatic carbocycles. The third kappa shape index (κ3) is 4.23. The lowest BCUT2D eigenvalue weighted by molar-refractivity contribution is 0.102. The number of nitrogens with one attached hydrogen (secondary N) is 2. The van der Waals surface area contributed by atoms with Crippen LogP contribution in [0.15, 0.2) is 36.8 Å². The topological polar surface area (TPSA) is 84.2 Å². The van der Waals surface area contributed by atoms with Gasteiger partial charge in [0.25, 0.3) is 5.91 Å². The van der Waals surface area contributed by atoms with E-state index in [1.54, 1.807) is 29.0 Å². The Balaban J connectivity index is 1.70. The monoisotopic (exact) mass is 392 g/mol. The summed E-state index contributed by atoms with van der Waals surface area (Å²) in [5.41, 5.74) is 2.40. The molecule has 3 heterocycles. The van der Waals surface area contributed by atoms with Crippen LogP contribution in [0.3, 0.4) is 0 Å². The number of amides is 1. The van der Waals surface area contributed by atoms with E-state index in [0.717, 1.165) is 36.3 Å². The summed E-state index contributed by atoms with van der Waals surface area (Å²) >= 11 is 0. The van der Waals surface area contributed by atoms with Crippen LogP contribution in [0.4, 0.5) is 11.6 Å². The van der Waals surface area contributed by atoms with E-state index >= 15 is 0 Å². The second kappa shape index (κ2) is 8.59. The zero-order valence-electron chi connectivity index (χ0n) is 17.1. The molecule has 1 aliphatic carbocycles. The molecule has 0 spiro atoms. The lowest BCUT2D eigenvalue weighted by Gasteiger charge is -2.23. The Morgan fingerprint density at radius 3 is 2.83 bits per heavy atom. The Morgan fingerprint density at radius 2 is 2.10 bits per heavy atom. The molecule has 0 radical (unpaired) electrons. The van der Waals surface area contributed by atoms with Gasteiger partial charge in [0.1, 0.15) is 11.6 Å². The number of rotatable bonds is 6. The molecule has 4 rings (SSSR count). The first-order chi connectivity index (χ1) is 14.2. The van der Waals surface area contributed by atoms with Crippen LogP contribution < -0.4 is 10.6 Å². The maximum Gasteiger partial charge on any atom is 0.258 e. The number of carbonyl (C=O) groups is 1. The quantitative estimate of drug-likeness (QED) is 0.639. The number of hydrogen-bond acceptors (Lipinski definition) is 5. The normalized spacial score (nSPS) is 15.9. The van der Waals surface area contributed by atoms with Crippen molar-refractivity contribution in [2.45, 2.75) is 64.3 Å². The molecule has 7 nitrogen and oxygen atoms in total. The minimum absolute atomic E-state index is 0.213. The maximum absolute atomic E-state index is 12.7. The van der Waals surface area contributed by atoms with Crippen molar-refractivity contribution in [1.29, 1.82) is 0 Å². The minimum Gasteiger partial charge on any atom is -0.367 e.